The molecule has 0 spiro atoms. The summed E-state index contributed by atoms with van der Waals surface area (Å²) >= 11 is 0. The van der Waals surface area contributed by atoms with E-state index in [9.17, 15) is 24.0 Å². The van der Waals surface area contributed by atoms with Crippen LogP contribution in [0.25, 0.3) is 0 Å². The molecule has 2 rings (SSSR count). The Hall–Kier alpha value is -3.23. The molecule has 174 valence electrons. The summed E-state index contributed by atoms with van der Waals surface area (Å²) in [4.78, 5) is 62.5. The van der Waals surface area contributed by atoms with Gasteiger partial charge in [0.1, 0.15) is 18.4 Å². The zero-order valence-electron chi connectivity index (χ0n) is 18.9. The number of nitrogens with zero attached hydrogens (tertiary/aromatic N) is 1. The first-order chi connectivity index (χ1) is 15.0. The third-order valence-electron chi connectivity index (χ3n) is 5.50. The average Bonchev–Trinajstić information content (AvgIpc) is 3.20. The molecule has 0 radical (unpaired) electrons. The minimum atomic E-state index is -1.21. The number of hydrogen-bond donors (Lipinski definition) is 3. The van der Waals surface area contributed by atoms with Crippen molar-refractivity contribution in [2.45, 2.75) is 65.1 Å². The van der Waals surface area contributed by atoms with Crippen molar-refractivity contribution in [2.24, 2.45) is 5.41 Å². The molecule has 9 nitrogen and oxygen atoms in total. The SMILES string of the molecule is Cc1ccccc1C(=O)N[C@H](C(=O)N1CCC[C@H]1C(=O)N[C@H](C=O)CC(=O)O)C(C)(C)C. The Kier molecular flexibility index (Phi) is 8.13. The van der Waals surface area contributed by atoms with Crippen molar-refractivity contribution in [1.82, 2.24) is 15.5 Å². The molecular formula is C23H31N3O6. The van der Waals surface area contributed by atoms with Gasteiger partial charge in [-0.3, -0.25) is 19.2 Å². The van der Waals surface area contributed by atoms with Crippen molar-refractivity contribution < 1.29 is 29.1 Å². The predicted octanol–water partition coefficient (Wildman–Crippen LogP) is 1.29. The fourth-order valence-electron chi connectivity index (χ4n) is 3.75. The highest BCUT2D eigenvalue weighted by Gasteiger charge is 2.42. The van der Waals surface area contributed by atoms with E-state index < -0.39 is 47.7 Å². The highest BCUT2D eigenvalue weighted by molar-refractivity contribution is 5.99. The summed E-state index contributed by atoms with van der Waals surface area (Å²) in [5.41, 5.74) is 0.614. The van der Waals surface area contributed by atoms with Crippen LogP contribution in [0.3, 0.4) is 0 Å². The van der Waals surface area contributed by atoms with E-state index in [-0.39, 0.29) is 5.91 Å². The third kappa shape index (κ3) is 6.15. The summed E-state index contributed by atoms with van der Waals surface area (Å²) < 4.78 is 0. The smallest absolute Gasteiger partial charge is 0.305 e. The minimum Gasteiger partial charge on any atom is -0.481 e. The van der Waals surface area contributed by atoms with Crippen LogP contribution in [0.5, 0.6) is 0 Å². The quantitative estimate of drug-likeness (QED) is 0.517. The van der Waals surface area contributed by atoms with Crippen molar-refractivity contribution in [1.29, 1.82) is 0 Å². The number of nitrogens with one attached hydrogen (secondary N) is 2. The molecule has 1 heterocycles. The van der Waals surface area contributed by atoms with Gasteiger partial charge < -0.3 is 25.4 Å². The van der Waals surface area contributed by atoms with Gasteiger partial charge in [0.05, 0.1) is 12.5 Å². The molecule has 9 heteroatoms. The van der Waals surface area contributed by atoms with E-state index >= 15 is 0 Å². The highest BCUT2D eigenvalue weighted by atomic mass is 16.4. The predicted molar refractivity (Wildman–Crippen MR) is 117 cm³/mol. The summed E-state index contributed by atoms with van der Waals surface area (Å²) in [7, 11) is 0. The van der Waals surface area contributed by atoms with Crippen LogP contribution in [-0.4, -0.2) is 64.7 Å². The molecule has 1 aliphatic heterocycles. The summed E-state index contributed by atoms with van der Waals surface area (Å²) in [5.74, 6) is -2.56. The van der Waals surface area contributed by atoms with E-state index in [2.05, 4.69) is 10.6 Å². The number of hydrogen-bond acceptors (Lipinski definition) is 5. The van der Waals surface area contributed by atoms with Crippen molar-refractivity contribution in [3.8, 4) is 0 Å². The van der Waals surface area contributed by atoms with Crippen LogP contribution in [0.4, 0.5) is 0 Å². The van der Waals surface area contributed by atoms with E-state index in [0.29, 0.717) is 31.2 Å². The van der Waals surface area contributed by atoms with Gasteiger partial charge >= 0.3 is 5.97 Å². The van der Waals surface area contributed by atoms with Crippen molar-refractivity contribution >= 4 is 30.0 Å². The van der Waals surface area contributed by atoms with Gasteiger partial charge in [0.25, 0.3) is 5.91 Å². The van der Waals surface area contributed by atoms with Crippen LogP contribution in [0.1, 0.15) is 56.0 Å². The van der Waals surface area contributed by atoms with Crippen LogP contribution in [0.2, 0.25) is 0 Å². The lowest BCUT2D eigenvalue weighted by Crippen LogP contribution is -2.58. The van der Waals surface area contributed by atoms with Gasteiger partial charge in [-0.25, -0.2) is 0 Å². The second-order valence-electron chi connectivity index (χ2n) is 9.13. The molecule has 32 heavy (non-hydrogen) atoms. The number of carbonyl (C=O) groups excluding carboxylic acids is 4. The molecule has 3 amide bonds. The number of carbonyl (C=O) groups is 5. The van der Waals surface area contributed by atoms with Gasteiger partial charge in [-0.1, -0.05) is 39.0 Å². The van der Waals surface area contributed by atoms with E-state index in [0.717, 1.165) is 5.56 Å². The Morgan fingerprint density at radius 2 is 1.84 bits per heavy atom. The van der Waals surface area contributed by atoms with Crippen LogP contribution in [-0.2, 0) is 19.2 Å². The van der Waals surface area contributed by atoms with E-state index in [4.69, 9.17) is 5.11 Å². The molecule has 0 aliphatic carbocycles. The van der Waals surface area contributed by atoms with Gasteiger partial charge in [-0.15, -0.1) is 0 Å². The molecule has 3 atom stereocenters. The first kappa shape index (κ1) is 25.0. The number of aliphatic carboxylic acids is 1. The Labute approximate surface area is 187 Å². The fraction of sp³-hybridized carbons (Fsp3) is 0.522. The van der Waals surface area contributed by atoms with Gasteiger partial charge in [-0.2, -0.15) is 0 Å². The fourth-order valence-corrected chi connectivity index (χ4v) is 3.75. The van der Waals surface area contributed by atoms with Crippen molar-refractivity contribution in [3.63, 3.8) is 0 Å². The average molecular weight is 446 g/mol. The van der Waals surface area contributed by atoms with Crippen molar-refractivity contribution in [2.75, 3.05) is 6.54 Å². The monoisotopic (exact) mass is 445 g/mol. The number of aryl methyl sites for hydroxylation is 1. The normalized spacial score (nSPS) is 17.9. The second kappa shape index (κ2) is 10.4. The Morgan fingerprint density at radius 1 is 1.19 bits per heavy atom. The number of aldehydes is 1. The molecule has 1 aromatic carbocycles. The van der Waals surface area contributed by atoms with E-state index in [1.807, 2.05) is 39.8 Å². The summed E-state index contributed by atoms with van der Waals surface area (Å²) in [6, 6.07) is 4.17. The minimum absolute atomic E-state index is 0.328. The standard InChI is InChI=1S/C23H31N3O6/c1-14-8-5-6-9-16(14)20(30)25-19(23(2,3)4)22(32)26-11-7-10-17(26)21(31)24-15(13-27)12-18(28)29/h5-6,8-9,13,15,17,19H,7,10-12H2,1-4H3,(H,24,31)(H,25,30)(H,28,29)/t15-,17-,19+/m0/s1. The number of carboxylic acids is 1. The van der Waals surface area contributed by atoms with Crippen LogP contribution in [0.15, 0.2) is 24.3 Å². The Balaban J connectivity index is 2.20. The lowest BCUT2D eigenvalue weighted by Gasteiger charge is -2.35. The first-order valence-corrected chi connectivity index (χ1v) is 10.6. The molecule has 0 bridgehead atoms. The van der Waals surface area contributed by atoms with Gasteiger partial charge in [0.15, 0.2) is 0 Å². The second-order valence-corrected chi connectivity index (χ2v) is 9.13. The lowest BCUT2D eigenvalue weighted by atomic mass is 9.85. The maximum Gasteiger partial charge on any atom is 0.305 e. The molecular weight excluding hydrogens is 414 g/mol. The zero-order valence-corrected chi connectivity index (χ0v) is 18.9. The molecule has 1 aromatic rings. The maximum absolute atomic E-state index is 13.5. The molecule has 1 aliphatic rings. The Bertz CT molecular complexity index is 892. The van der Waals surface area contributed by atoms with E-state index in [1.54, 1.807) is 12.1 Å². The number of likely N-dealkylation sites (tertiary alicyclic amines) is 1. The van der Waals surface area contributed by atoms with Gasteiger partial charge in [0.2, 0.25) is 11.8 Å². The van der Waals surface area contributed by atoms with Crippen molar-refractivity contribution in [3.05, 3.63) is 35.4 Å². The molecule has 0 saturated carbocycles. The first-order valence-electron chi connectivity index (χ1n) is 10.6. The molecule has 1 saturated heterocycles. The highest BCUT2D eigenvalue weighted by Crippen LogP contribution is 2.26. The molecule has 0 aromatic heterocycles. The number of carboxylic acid groups (broad SMARTS) is 1. The third-order valence-corrected chi connectivity index (χ3v) is 5.50. The largest absolute Gasteiger partial charge is 0.481 e. The number of amides is 3. The zero-order chi connectivity index (χ0) is 24.1. The molecule has 0 unspecified atom stereocenters. The van der Waals surface area contributed by atoms with Crippen LogP contribution >= 0.6 is 0 Å². The number of rotatable bonds is 8. The molecule has 3 N–H and O–H groups in total. The maximum atomic E-state index is 13.5. The van der Waals surface area contributed by atoms with E-state index in [1.165, 1.54) is 4.90 Å². The summed E-state index contributed by atoms with van der Waals surface area (Å²) in [5, 5.41) is 14.1. The summed E-state index contributed by atoms with van der Waals surface area (Å²) in [6.45, 7) is 7.62. The lowest BCUT2D eigenvalue weighted by molar-refractivity contribution is -0.143. The van der Waals surface area contributed by atoms with Gasteiger partial charge in [-0.05, 0) is 36.8 Å². The Morgan fingerprint density at radius 3 is 2.41 bits per heavy atom. The molecule has 1 fully saturated rings. The number of benzene rings is 1. The topological polar surface area (TPSA) is 133 Å². The van der Waals surface area contributed by atoms with Gasteiger partial charge in [0, 0.05) is 12.1 Å². The van der Waals surface area contributed by atoms with Crippen LogP contribution in [0, 0.1) is 12.3 Å². The summed E-state index contributed by atoms with van der Waals surface area (Å²) in [6.07, 6.45) is 0.802. The van der Waals surface area contributed by atoms with Crippen LogP contribution < -0.4 is 10.6 Å².